The average molecular weight is 400 g/mol. The van der Waals surface area contributed by atoms with Crippen LogP contribution in [0.3, 0.4) is 0 Å². The highest BCUT2D eigenvalue weighted by molar-refractivity contribution is 6.35. The Morgan fingerprint density at radius 1 is 1.03 bits per heavy atom. The zero-order chi connectivity index (χ0) is 20.8. The molecule has 2 aliphatic heterocycles. The first-order valence-corrected chi connectivity index (χ1v) is 10.2. The van der Waals surface area contributed by atoms with Gasteiger partial charge in [0.05, 0.1) is 0 Å². The molecule has 1 atom stereocenters. The van der Waals surface area contributed by atoms with Crippen molar-refractivity contribution in [3.63, 3.8) is 0 Å². The predicted octanol–water partition coefficient (Wildman–Crippen LogP) is 0.547. The minimum Gasteiger partial charge on any atom is -0.354 e. The van der Waals surface area contributed by atoms with E-state index < -0.39 is 17.9 Å². The van der Waals surface area contributed by atoms with Gasteiger partial charge in [-0.3, -0.25) is 19.2 Å². The van der Waals surface area contributed by atoms with Crippen molar-refractivity contribution >= 4 is 23.6 Å². The lowest BCUT2D eigenvalue weighted by atomic mass is 10.0. The normalized spacial score (nSPS) is 19.1. The van der Waals surface area contributed by atoms with Crippen LogP contribution >= 0.6 is 0 Å². The average Bonchev–Trinajstić information content (AvgIpc) is 2.96. The molecule has 156 valence electrons. The maximum absolute atomic E-state index is 13.4. The Labute approximate surface area is 170 Å². The van der Waals surface area contributed by atoms with Gasteiger partial charge in [-0.15, -0.1) is 0 Å². The van der Waals surface area contributed by atoms with E-state index in [2.05, 4.69) is 5.32 Å². The molecule has 2 heterocycles. The molecule has 0 unspecified atom stereocenters. The highest BCUT2D eigenvalue weighted by Crippen LogP contribution is 2.26. The summed E-state index contributed by atoms with van der Waals surface area (Å²) in [4.78, 5) is 55.2. The van der Waals surface area contributed by atoms with Gasteiger partial charge in [0.15, 0.2) is 0 Å². The van der Waals surface area contributed by atoms with Gasteiger partial charge in [-0.2, -0.15) is 0 Å². The van der Waals surface area contributed by atoms with E-state index >= 15 is 0 Å². The van der Waals surface area contributed by atoms with Gasteiger partial charge in [-0.05, 0) is 12.0 Å². The second-order valence-corrected chi connectivity index (χ2v) is 7.38. The van der Waals surface area contributed by atoms with Crippen molar-refractivity contribution in [2.24, 2.45) is 0 Å². The standard InChI is InChI=1S/C21H28N4O4/c1-2-3-11-23-14-15-25(21(29)20(23)28)18(16-7-5-4-6-8-16)19(27)24-12-9-17(26)22-10-13-24/h4-8,18H,2-3,9-15H2,1H3,(H,22,26)/t18-/m0/s1. The summed E-state index contributed by atoms with van der Waals surface area (Å²) in [7, 11) is 0. The number of hydrogen-bond acceptors (Lipinski definition) is 4. The maximum Gasteiger partial charge on any atom is 0.313 e. The largest absolute Gasteiger partial charge is 0.354 e. The van der Waals surface area contributed by atoms with E-state index in [1.807, 2.05) is 25.1 Å². The van der Waals surface area contributed by atoms with Crippen LogP contribution in [-0.2, 0) is 19.2 Å². The van der Waals surface area contributed by atoms with Gasteiger partial charge in [-0.25, -0.2) is 0 Å². The Morgan fingerprint density at radius 2 is 1.79 bits per heavy atom. The molecule has 1 N–H and O–H groups in total. The molecule has 0 aliphatic carbocycles. The molecule has 29 heavy (non-hydrogen) atoms. The monoisotopic (exact) mass is 400 g/mol. The summed E-state index contributed by atoms with van der Waals surface area (Å²) >= 11 is 0. The van der Waals surface area contributed by atoms with E-state index in [1.54, 1.807) is 21.9 Å². The maximum atomic E-state index is 13.4. The SMILES string of the molecule is CCCCN1CCN([C@H](C(=O)N2CCNC(=O)CC2)c2ccccc2)C(=O)C1=O. The van der Waals surface area contributed by atoms with E-state index in [0.29, 0.717) is 44.8 Å². The number of amides is 4. The summed E-state index contributed by atoms with van der Waals surface area (Å²) in [5, 5.41) is 2.75. The van der Waals surface area contributed by atoms with Gasteiger partial charge in [0.2, 0.25) is 11.8 Å². The van der Waals surface area contributed by atoms with Crippen molar-refractivity contribution < 1.29 is 19.2 Å². The smallest absolute Gasteiger partial charge is 0.313 e. The number of hydrogen-bond donors (Lipinski definition) is 1. The van der Waals surface area contributed by atoms with Crippen molar-refractivity contribution in [1.82, 2.24) is 20.0 Å². The third-order valence-electron chi connectivity index (χ3n) is 5.41. The molecule has 4 amide bonds. The Hall–Kier alpha value is -2.90. The minimum atomic E-state index is -0.867. The topological polar surface area (TPSA) is 90.0 Å². The first-order valence-electron chi connectivity index (χ1n) is 10.2. The van der Waals surface area contributed by atoms with Crippen molar-refractivity contribution in [2.75, 3.05) is 39.3 Å². The number of unbranched alkanes of at least 4 members (excludes halogenated alkanes) is 1. The van der Waals surface area contributed by atoms with Crippen LogP contribution in [0.2, 0.25) is 0 Å². The van der Waals surface area contributed by atoms with E-state index in [4.69, 9.17) is 0 Å². The molecule has 0 bridgehead atoms. The lowest BCUT2D eigenvalue weighted by Crippen LogP contribution is -2.57. The lowest BCUT2D eigenvalue weighted by molar-refractivity contribution is -0.161. The molecule has 0 radical (unpaired) electrons. The second-order valence-electron chi connectivity index (χ2n) is 7.38. The Kier molecular flexibility index (Phi) is 6.85. The van der Waals surface area contributed by atoms with Gasteiger partial charge < -0.3 is 20.0 Å². The van der Waals surface area contributed by atoms with Crippen LogP contribution in [0.4, 0.5) is 0 Å². The van der Waals surface area contributed by atoms with Gasteiger partial charge in [0.25, 0.3) is 0 Å². The van der Waals surface area contributed by atoms with Crippen LogP contribution in [-0.4, -0.2) is 77.6 Å². The zero-order valence-corrected chi connectivity index (χ0v) is 16.8. The molecule has 3 rings (SSSR count). The van der Waals surface area contributed by atoms with Crippen LogP contribution in [0, 0.1) is 0 Å². The summed E-state index contributed by atoms with van der Waals surface area (Å²) in [6, 6.07) is 8.19. The Bertz CT molecular complexity index is 767. The first-order chi connectivity index (χ1) is 14.0. The lowest BCUT2D eigenvalue weighted by Gasteiger charge is -2.39. The molecule has 8 nitrogen and oxygen atoms in total. The number of piperazine rings is 1. The molecule has 0 aromatic heterocycles. The third kappa shape index (κ3) is 4.75. The molecule has 8 heteroatoms. The zero-order valence-electron chi connectivity index (χ0n) is 16.8. The number of carbonyl (C=O) groups excluding carboxylic acids is 4. The van der Waals surface area contributed by atoms with E-state index in [1.165, 1.54) is 4.90 Å². The Morgan fingerprint density at radius 3 is 2.52 bits per heavy atom. The van der Waals surface area contributed by atoms with E-state index in [0.717, 1.165) is 12.8 Å². The van der Waals surface area contributed by atoms with Gasteiger partial charge >= 0.3 is 11.8 Å². The predicted molar refractivity (Wildman–Crippen MR) is 107 cm³/mol. The van der Waals surface area contributed by atoms with Gasteiger partial charge in [-0.1, -0.05) is 43.7 Å². The minimum absolute atomic E-state index is 0.0904. The molecule has 2 saturated heterocycles. The first kappa shape index (κ1) is 20.8. The van der Waals surface area contributed by atoms with Crippen molar-refractivity contribution in [1.29, 1.82) is 0 Å². The molecule has 0 saturated carbocycles. The number of rotatable bonds is 6. The van der Waals surface area contributed by atoms with Crippen LogP contribution < -0.4 is 5.32 Å². The molecule has 1 aromatic rings. The molecular formula is C21H28N4O4. The van der Waals surface area contributed by atoms with Crippen molar-refractivity contribution in [3.05, 3.63) is 35.9 Å². The van der Waals surface area contributed by atoms with E-state index in [9.17, 15) is 19.2 Å². The number of carbonyl (C=O) groups is 4. The summed E-state index contributed by atoms with van der Waals surface area (Å²) < 4.78 is 0. The molecule has 0 spiro atoms. The Balaban J connectivity index is 1.85. The summed E-state index contributed by atoms with van der Waals surface area (Å²) in [6.07, 6.45) is 2.01. The van der Waals surface area contributed by atoms with Crippen molar-refractivity contribution in [2.45, 2.75) is 32.2 Å². The molecule has 2 aliphatic rings. The highest BCUT2D eigenvalue weighted by atomic mass is 16.2. The quantitative estimate of drug-likeness (QED) is 0.706. The van der Waals surface area contributed by atoms with Crippen LogP contribution in [0.25, 0.3) is 0 Å². The summed E-state index contributed by atoms with van der Waals surface area (Å²) in [6.45, 7) is 4.38. The van der Waals surface area contributed by atoms with Gasteiger partial charge in [0, 0.05) is 45.7 Å². The van der Waals surface area contributed by atoms with Crippen LogP contribution in [0.15, 0.2) is 30.3 Å². The van der Waals surface area contributed by atoms with Gasteiger partial charge in [0.1, 0.15) is 6.04 Å². The highest BCUT2D eigenvalue weighted by Gasteiger charge is 2.41. The summed E-state index contributed by atoms with van der Waals surface area (Å²) in [5.74, 6) is -1.53. The van der Waals surface area contributed by atoms with Crippen molar-refractivity contribution in [3.8, 4) is 0 Å². The molecular weight excluding hydrogens is 372 g/mol. The molecule has 1 aromatic carbocycles. The number of benzene rings is 1. The fourth-order valence-corrected chi connectivity index (χ4v) is 3.75. The van der Waals surface area contributed by atoms with Crippen LogP contribution in [0.5, 0.6) is 0 Å². The number of nitrogens with zero attached hydrogens (tertiary/aromatic N) is 3. The molecule has 2 fully saturated rings. The fraction of sp³-hybridized carbons (Fsp3) is 0.524. The fourth-order valence-electron chi connectivity index (χ4n) is 3.75. The number of nitrogens with one attached hydrogen (secondary N) is 1. The summed E-state index contributed by atoms with van der Waals surface area (Å²) in [5.41, 5.74) is 0.671. The van der Waals surface area contributed by atoms with Crippen LogP contribution in [0.1, 0.15) is 37.8 Å². The van der Waals surface area contributed by atoms with E-state index in [-0.39, 0.29) is 18.2 Å². The second kappa shape index (κ2) is 9.54. The third-order valence-corrected chi connectivity index (χ3v) is 5.41.